The number of carboxylic acid groups (broad SMARTS) is 1. The molecule has 0 saturated carbocycles. The summed E-state index contributed by atoms with van der Waals surface area (Å²) in [7, 11) is 3.05. The van der Waals surface area contributed by atoms with E-state index in [0.717, 1.165) is 28.3 Å². The van der Waals surface area contributed by atoms with Crippen LogP contribution in [0.4, 0.5) is 0 Å². The van der Waals surface area contributed by atoms with Gasteiger partial charge in [-0.25, -0.2) is 9.59 Å². The number of fused-ring (bicyclic) bond motifs is 2. The average Bonchev–Trinajstić information content (AvgIpc) is 3.57. The summed E-state index contributed by atoms with van der Waals surface area (Å²) < 4.78 is 39.0. The normalized spacial score (nSPS) is 11.2. The second kappa shape index (κ2) is 12.6. The molecule has 5 rings (SSSR count). The molecule has 224 valence electrons. The van der Waals surface area contributed by atoms with Crippen molar-refractivity contribution in [2.75, 3.05) is 27.4 Å². The summed E-state index contributed by atoms with van der Waals surface area (Å²) in [6.07, 6.45) is -0.143. The standard InChI is InChI=1S/C31H31N3O8S/c1-6-40-31(37)30-29(20-9-8-19(38-4)12-25(20)41-16-28(35)36)21-13-26(39-5)27(42-17(2)3)14-24(21)34(30)15-18-7-10-22-23(11-18)33-43-32-22/h7-14,17H,6,15-16H2,1-5H3,(H,35,36). The van der Waals surface area contributed by atoms with E-state index < -0.39 is 18.5 Å². The summed E-state index contributed by atoms with van der Waals surface area (Å²) in [5, 5.41) is 10.0. The van der Waals surface area contributed by atoms with Crippen molar-refractivity contribution in [3.8, 4) is 34.1 Å². The van der Waals surface area contributed by atoms with Crippen LogP contribution in [-0.2, 0) is 16.1 Å². The van der Waals surface area contributed by atoms with E-state index in [1.165, 1.54) is 7.11 Å². The molecule has 0 atom stereocenters. The van der Waals surface area contributed by atoms with E-state index in [9.17, 15) is 14.7 Å². The summed E-state index contributed by atoms with van der Waals surface area (Å²) in [5.41, 5.74) is 4.31. The topological polar surface area (TPSA) is 131 Å². The molecular formula is C31H31N3O8S. The number of methoxy groups -OCH3 is 2. The molecule has 2 aromatic heterocycles. The summed E-state index contributed by atoms with van der Waals surface area (Å²) >= 11 is 1.13. The molecule has 0 spiro atoms. The minimum absolute atomic E-state index is 0.143. The zero-order valence-corrected chi connectivity index (χ0v) is 25.2. The monoisotopic (exact) mass is 605 g/mol. The smallest absolute Gasteiger partial charge is 0.355 e. The van der Waals surface area contributed by atoms with Crippen LogP contribution in [-0.4, -0.2) is 63.9 Å². The highest BCUT2D eigenvalue weighted by Gasteiger charge is 2.29. The van der Waals surface area contributed by atoms with E-state index in [0.29, 0.717) is 39.3 Å². The number of nitrogens with zero attached hydrogens (tertiary/aromatic N) is 3. The van der Waals surface area contributed by atoms with Crippen LogP contribution in [0.2, 0.25) is 0 Å². The summed E-state index contributed by atoms with van der Waals surface area (Å²) in [6, 6.07) is 14.4. The van der Waals surface area contributed by atoms with Crippen LogP contribution in [0.3, 0.4) is 0 Å². The van der Waals surface area contributed by atoms with E-state index >= 15 is 0 Å². The van der Waals surface area contributed by atoms with Gasteiger partial charge >= 0.3 is 11.9 Å². The predicted octanol–water partition coefficient (Wildman–Crippen LogP) is 5.81. The molecule has 43 heavy (non-hydrogen) atoms. The van der Waals surface area contributed by atoms with E-state index in [1.807, 2.05) is 42.7 Å². The lowest BCUT2D eigenvalue weighted by atomic mass is 10.00. The van der Waals surface area contributed by atoms with Crippen molar-refractivity contribution in [2.45, 2.75) is 33.4 Å². The maximum absolute atomic E-state index is 13.8. The molecule has 0 bridgehead atoms. The zero-order valence-electron chi connectivity index (χ0n) is 24.4. The molecule has 0 radical (unpaired) electrons. The zero-order chi connectivity index (χ0) is 30.7. The molecular weight excluding hydrogens is 574 g/mol. The Kier molecular flexibility index (Phi) is 8.67. The lowest BCUT2D eigenvalue weighted by Crippen LogP contribution is -2.15. The number of ether oxygens (including phenoxy) is 5. The fourth-order valence-electron chi connectivity index (χ4n) is 4.91. The first kappa shape index (κ1) is 29.6. The van der Waals surface area contributed by atoms with Gasteiger partial charge in [0.1, 0.15) is 28.2 Å². The van der Waals surface area contributed by atoms with Gasteiger partial charge in [0.05, 0.1) is 44.2 Å². The average molecular weight is 606 g/mol. The highest BCUT2D eigenvalue weighted by molar-refractivity contribution is 7.00. The van der Waals surface area contributed by atoms with Crippen molar-refractivity contribution < 1.29 is 38.4 Å². The van der Waals surface area contributed by atoms with Crippen LogP contribution in [0.25, 0.3) is 33.1 Å². The van der Waals surface area contributed by atoms with Crippen LogP contribution < -0.4 is 18.9 Å². The highest BCUT2D eigenvalue weighted by Crippen LogP contribution is 2.45. The van der Waals surface area contributed by atoms with Gasteiger partial charge in [-0.1, -0.05) is 6.07 Å². The van der Waals surface area contributed by atoms with Gasteiger partial charge in [0.25, 0.3) is 0 Å². The summed E-state index contributed by atoms with van der Waals surface area (Å²) in [6.45, 7) is 5.40. The SMILES string of the molecule is CCOC(=O)c1c(-c2ccc(OC)cc2OCC(=O)O)c2cc(OC)c(OC(C)C)cc2n1Cc1ccc2nsnc2c1. The van der Waals surface area contributed by atoms with Crippen molar-refractivity contribution in [3.05, 3.63) is 59.8 Å². The van der Waals surface area contributed by atoms with Crippen LogP contribution in [0, 0.1) is 0 Å². The van der Waals surface area contributed by atoms with Gasteiger partial charge in [-0.3, -0.25) is 0 Å². The first-order valence-electron chi connectivity index (χ1n) is 13.6. The quantitative estimate of drug-likeness (QED) is 0.174. The maximum Gasteiger partial charge on any atom is 0.355 e. The number of rotatable bonds is 12. The molecule has 0 fully saturated rings. The molecule has 3 aromatic carbocycles. The number of carbonyl (C=O) groups excluding carboxylic acids is 1. The van der Waals surface area contributed by atoms with Gasteiger partial charge in [-0.2, -0.15) is 8.75 Å². The first-order chi connectivity index (χ1) is 20.7. The Hall–Kier alpha value is -4.84. The van der Waals surface area contributed by atoms with Gasteiger partial charge in [0.15, 0.2) is 18.1 Å². The molecule has 0 unspecified atom stereocenters. The van der Waals surface area contributed by atoms with Crippen molar-refractivity contribution >= 4 is 45.6 Å². The fraction of sp³-hybridized carbons (Fsp3) is 0.290. The van der Waals surface area contributed by atoms with E-state index in [4.69, 9.17) is 23.7 Å². The van der Waals surface area contributed by atoms with Gasteiger partial charge in [0, 0.05) is 35.2 Å². The molecule has 0 amide bonds. The third-order valence-corrected chi connectivity index (χ3v) is 7.21. The van der Waals surface area contributed by atoms with Gasteiger partial charge in [-0.05, 0) is 56.7 Å². The molecule has 12 heteroatoms. The number of carbonyl (C=O) groups is 2. The van der Waals surface area contributed by atoms with E-state index in [1.54, 1.807) is 38.3 Å². The van der Waals surface area contributed by atoms with Crippen molar-refractivity contribution in [1.29, 1.82) is 0 Å². The molecule has 11 nitrogen and oxygen atoms in total. The van der Waals surface area contributed by atoms with Crippen LogP contribution in [0.1, 0.15) is 36.8 Å². The third-order valence-electron chi connectivity index (χ3n) is 6.65. The molecule has 0 saturated heterocycles. The van der Waals surface area contributed by atoms with Gasteiger partial charge < -0.3 is 33.4 Å². The van der Waals surface area contributed by atoms with Gasteiger partial charge in [-0.15, -0.1) is 0 Å². The second-order valence-corrected chi connectivity index (χ2v) is 10.4. The molecule has 1 N–H and O–H groups in total. The lowest BCUT2D eigenvalue weighted by molar-refractivity contribution is -0.139. The van der Waals surface area contributed by atoms with E-state index in [-0.39, 0.29) is 30.7 Å². The Morgan fingerprint density at radius 2 is 1.74 bits per heavy atom. The molecule has 0 aliphatic rings. The number of aromatic nitrogens is 3. The van der Waals surface area contributed by atoms with Crippen molar-refractivity contribution in [2.24, 2.45) is 0 Å². The van der Waals surface area contributed by atoms with Crippen LogP contribution in [0.5, 0.6) is 23.0 Å². The number of carboxylic acids is 1. The molecule has 0 aliphatic heterocycles. The molecule has 5 aromatic rings. The Balaban J connectivity index is 1.85. The number of benzene rings is 3. The van der Waals surface area contributed by atoms with Crippen molar-refractivity contribution in [1.82, 2.24) is 13.3 Å². The molecule has 2 heterocycles. The Bertz CT molecular complexity index is 1810. The second-order valence-electron chi connectivity index (χ2n) is 9.85. The number of aliphatic carboxylic acids is 1. The number of esters is 1. The first-order valence-corrected chi connectivity index (χ1v) is 14.3. The lowest BCUT2D eigenvalue weighted by Gasteiger charge is -2.15. The van der Waals surface area contributed by atoms with Gasteiger partial charge in [0.2, 0.25) is 0 Å². The number of hydrogen-bond acceptors (Lipinski definition) is 10. The van der Waals surface area contributed by atoms with Crippen LogP contribution >= 0.6 is 11.7 Å². The Labute approximate surface area is 251 Å². The Morgan fingerprint density at radius 3 is 2.44 bits per heavy atom. The van der Waals surface area contributed by atoms with Crippen LogP contribution in [0.15, 0.2) is 48.5 Å². The van der Waals surface area contributed by atoms with E-state index in [2.05, 4.69) is 8.75 Å². The number of hydrogen-bond donors (Lipinski definition) is 1. The third kappa shape index (κ3) is 6.05. The molecule has 0 aliphatic carbocycles. The van der Waals surface area contributed by atoms with Crippen molar-refractivity contribution in [3.63, 3.8) is 0 Å². The minimum atomic E-state index is -1.15. The fourth-order valence-corrected chi connectivity index (χ4v) is 5.43. The summed E-state index contributed by atoms with van der Waals surface area (Å²) in [4.78, 5) is 25.3. The Morgan fingerprint density at radius 1 is 0.953 bits per heavy atom. The predicted molar refractivity (Wildman–Crippen MR) is 162 cm³/mol. The maximum atomic E-state index is 13.8. The highest BCUT2D eigenvalue weighted by atomic mass is 32.1. The largest absolute Gasteiger partial charge is 0.497 e. The minimum Gasteiger partial charge on any atom is -0.497 e. The summed E-state index contributed by atoms with van der Waals surface area (Å²) in [5.74, 6) is -0.0570.